The van der Waals surface area contributed by atoms with Gasteiger partial charge < -0.3 is 10.2 Å². The molecule has 4 heteroatoms. The van der Waals surface area contributed by atoms with Crippen LogP contribution < -0.4 is 0 Å². The van der Waals surface area contributed by atoms with E-state index in [0.29, 0.717) is 13.2 Å². The average molecular weight is 332 g/mol. The van der Waals surface area contributed by atoms with Gasteiger partial charge in [0, 0.05) is 38.7 Å². The SMILES string of the molecule is OCCCCCC/N=C/c1ccc(/C=N/CCCCCCO)cc1. The third-order valence-electron chi connectivity index (χ3n) is 3.81. The number of hydrogen-bond donors (Lipinski definition) is 2. The maximum atomic E-state index is 8.70. The maximum absolute atomic E-state index is 8.70. The largest absolute Gasteiger partial charge is 0.396 e. The van der Waals surface area contributed by atoms with Crippen molar-refractivity contribution in [3.63, 3.8) is 0 Å². The first-order valence-corrected chi connectivity index (χ1v) is 9.18. The Hall–Kier alpha value is -1.52. The molecule has 2 N–H and O–H groups in total. The van der Waals surface area contributed by atoms with E-state index < -0.39 is 0 Å². The summed E-state index contributed by atoms with van der Waals surface area (Å²) in [5.74, 6) is 0. The van der Waals surface area contributed by atoms with Crippen LogP contribution in [0.25, 0.3) is 0 Å². The minimum absolute atomic E-state index is 0.294. The van der Waals surface area contributed by atoms with Crippen LogP contribution in [0.4, 0.5) is 0 Å². The van der Waals surface area contributed by atoms with E-state index in [-0.39, 0.29) is 0 Å². The van der Waals surface area contributed by atoms with Gasteiger partial charge in [-0.2, -0.15) is 0 Å². The van der Waals surface area contributed by atoms with E-state index in [1.165, 1.54) is 0 Å². The molecule has 1 aromatic rings. The van der Waals surface area contributed by atoms with Gasteiger partial charge in [0.05, 0.1) is 0 Å². The Bertz CT molecular complexity index is 412. The Morgan fingerprint density at radius 2 is 0.958 bits per heavy atom. The minimum Gasteiger partial charge on any atom is -0.396 e. The number of aliphatic imine (C=N–C) groups is 2. The molecule has 0 spiro atoms. The number of rotatable bonds is 14. The molecule has 1 aromatic carbocycles. The molecule has 0 saturated carbocycles. The second kappa shape index (κ2) is 15.0. The van der Waals surface area contributed by atoms with Crippen molar-refractivity contribution < 1.29 is 10.2 Å². The monoisotopic (exact) mass is 332 g/mol. The van der Waals surface area contributed by atoms with E-state index in [9.17, 15) is 0 Å². The molecule has 134 valence electrons. The number of aliphatic hydroxyl groups excluding tert-OH is 2. The fraction of sp³-hybridized carbons (Fsp3) is 0.600. The summed E-state index contributed by atoms with van der Waals surface area (Å²) in [5, 5.41) is 17.4. The molecule has 0 fully saturated rings. The molecular weight excluding hydrogens is 300 g/mol. The van der Waals surface area contributed by atoms with Gasteiger partial charge in [0.2, 0.25) is 0 Å². The van der Waals surface area contributed by atoms with Gasteiger partial charge in [0.1, 0.15) is 0 Å². The van der Waals surface area contributed by atoms with Crippen molar-refractivity contribution in [3.05, 3.63) is 35.4 Å². The molecule has 0 radical (unpaired) electrons. The lowest BCUT2D eigenvalue weighted by atomic mass is 10.1. The fourth-order valence-corrected chi connectivity index (χ4v) is 2.34. The summed E-state index contributed by atoms with van der Waals surface area (Å²) in [6.45, 7) is 2.29. The Kier molecular flexibility index (Phi) is 12.9. The van der Waals surface area contributed by atoms with Crippen LogP contribution in [0.15, 0.2) is 34.3 Å². The van der Waals surface area contributed by atoms with Crippen LogP contribution >= 0.6 is 0 Å². The summed E-state index contributed by atoms with van der Waals surface area (Å²) in [6.07, 6.45) is 12.2. The van der Waals surface area contributed by atoms with Crippen molar-refractivity contribution in [2.24, 2.45) is 9.98 Å². The number of unbranched alkanes of at least 4 members (excludes halogenated alkanes) is 6. The highest BCUT2D eigenvalue weighted by atomic mass is 16.3. The molecule has 0 aromatic heterocycles. The number of nitrogens with zero attached hydrogens (tertiary/aromatic N) is 2. The molecule has 0 unspecified atom stereocenters. The van der Waals surface area contributed by atoms with Gasteiger partial charge in [-0.15, -0.1) is 0 Å². The first kappa shape index (κ1) is 20.5. The van der Waals surface area contributed by atoms with Gasteiger partial charge in [-0.05, 0) is 36.8 Å². The maximum Gasteiger partial charge on any atom is 0.0431 e. The highest BCUT2D eigenvalue weighted by molar-refractivity contribution is 5.84. The summed E-state index contributed by atoms with van der Waals surface area (Å²) in [7, 11) is 0. The van der Waals surface area contributed by atoms with Gasteiger partial charge >= 0.3 is 0 Å². The first-order chi connectivity index (χ1) is 11.9. The molecule has 0 aliphatic carbocycles. The smallest absolute Gasteiger partial charge is 0.0431 e. The third-order valence-corrected chi connectivity index (χ3v) is 3.81. The number of aliphatic hydroxyl groups is 2. The zero-order valence-corrected chi connectivity index (χ0v) is 14.7. The van der Waals surface area contributed by atoms with Crippen molar-refractivity contribution >= 4 is 12.4 Å². The van der Waals surface area contributed by atoms with Crippen molar-refractivity contribution in [2.45, 2.75) is 51.4 Å². The molecular formula is C20H32N2O2. The first-order valence-electron chi connectivity index (χ1n) is 9.18. The lowest BCUT2D eigenvalue weighted by Gasteiger charge is -1.98. The van der Waals surface area contributed by atoms with Crippen LogP contribution in [0.1, 0.15) is 62.5 Å². The molecule has 0 aliphatic heterocycles. The van der Waals surface area contributed by atoms with Crippen molar-refractivity contribution in [1.82, 2.24) is 0 Å². The molecule has 0 atom stereocenters. The molecule has 0 aliphatic rings. The van der Waals surface area contributed by atoms with Crippen LogP contribution in [0.3, 0.4) is 0 Å². The van der Waals surface area contributed by atoms with Crippen LogP contribution in [-0.4, -0.2) is 48.9 Å². The van der Waals surface area contributed by atoms with Crippen molar-refractivity contribution in [1.29, 1.82) is 0 Å². The lowest BCUT2D eigenvalue weighted by Crippen LogP contribution is -1.89. The van der Waals surface area contributed by atoms with Gasteiger partial charge in [0.15, 0.2) is 0 Å². The molecule has 24 heavy (non-hydrogen) atoms. The van der Waals surface area contributed by atoms with E-state index in [2.05, 4.69) is 34.3 Å². The van der Waals surface area contributed by atoms with Gasteiger partial charge in [-0.1, -0.05) is 49.9 Å². The Morgan fingerprint density at radius 3 is 1.33 bits per heavy atom. The second-order valence-corrected chi connectivity index (χ2v) is 6.01. The van der Waals surface area contributed by atoms with E-state index in [1.54, 1.807) is 0 Å². The molecule has 0 bridgehead atoms. The summed E-state index contributed by atoms with van der Waals surface area (Å²) < 4.78 is 0. The van der Waals surface area contributed by atoms with Gasteiger partial charge in [0.25, 0.3) is 0 Å². The minimum atomic E-state index is 0.294. The van der Waals surface area contributed by atoms with Gasteiger partial charge in [-0.25, -0.2) is 0 Å². The topological polar surface area (TPSA) is 65.2 Å². The average Bonchev–Trinajstić information content (AvgIpc) is 2.61. The van der Waals surface area contributed by atoms with Crippen LogP contribution in [0.2, 0.25) is 0 Å². The third kappa shape index (κ3) is 11.1. The van der Waals surface area contributed by atoms with Crippen molar-refractivity contribution in [2.75, 3.05) is 26.3 Å². The van der Waals surface area contributed by atoms with E-state index in [4.69, 9.17) is 10.2 Å². The van der Waals surface area contributed by atoms with Crippen molar-refractivity contribution in [3.8, 4) is 0 Å². The van der Waals surface area contributed by atoms with Crippen LogP contribution in [-0.2, 0) is 0 Å². The van der Waals surface area contributed by atoms with E-state index >= 15 is 0 Å². The summed E-state index contributed by atoms with van der Waals surface area (Å²) >= 11 is 0. The predicted octanol–water partition coefficient (Wildman–Crippen LogP) is 3.63. The molecule has 4 nitrogen and oxygen atoms in total. The molecule has 0 amide bonds. The van der Waals surface area contributed by atoms with Crippen LogP contribution in [0.5, 0.6) is 0 Å². The van der Waals surface area contributed by atoms with E-state index in [1.807, 2.05) is 12.4 Å². The summed E-state index contributed by atoms with van der Waals surface area (Å²) in [4.78, 5) is 8.88. The summed E-state index contributed by atoms with van der Waals surface area (Å²) in [5.41, 5.74) is 2.23. The summed E-state index contributed by atoms with van der Waals surface area (Å²) in [6, 6.07) is 8.27. The molecule has 0 saturated heterocycles. The number of hydrogen-bond acceptors (Lipinski definition) is 4. The zero-order chi connectivity index (χ0) is 17.3. The van der Waals surface area contributed by atoms with E-state index in [0.717, 1.165) is 75.6 Å². The zero-order valence-electron chi connectivity index (χ0n) is 14.7. The molecule has 0 heterocycles. The normalized spacial score (nSPS) is 11.8. The van der Waals surface area contributed by atoms with Crippen LogP contribution in [0, 0.1) is 0 Å². The highest BCUT2D eigenvalue weighted by Gasteiger charge is 1.92. The fourth-order valence-electron chi connectivity index (χ4n) is 2.34. The van der Waals surface area contributed by atoms with Gasteiger partial charge in [-0.3, -0.25) is 9.98 Å². The Morgan fingerprint density at radius 1 is 0.583 bits per heavy atom. The quantitative estimate of drug-likeness (QED) is 0.403. The molecule has 1 rings (SSSR count). The number of benzene rings is 1. The lowest BCUT2D eigenvalue weighted by molar-refractivity contribution is 0.282. The standard InChI is InChI=1S/C20H32N2O2/c23-15-7-3-1-5-13-21-17-19-9-11-20(12-10-19)18-22-14-6-2-4-8-16-24/h9-12,17-18,23-24H,1-8,13-16H2/b21-17+,22-18+. The Balaban J connectivity index is 2.18. The second-order valence-electron chi connectivity index (χ2n) is 6.01. The Labute approximate surface area is 146 Å². The highest BCUT2D eigenvalue weighted by Crippen LogP contribution is 2.03. The predicted molar refractivity (Wildman–Crippen MR) is 102 cm³/mol.